The van der Waals surface area contributed by atoms with E-state index in [1.807, 2.05) is 0 Å². The molecule has 1 aromatic heterocycles. The topological polar surface area (TPSA) is 100 Å². The Labute approximate surface area is 123 Å². The van der Waals surface area contributed by atoms with Crippen molar-refractivity contribution >= 4 is 27.4 Å². The molecule has 1 aliphatic heterocycles. The van der Waals surface area contributed by atoms with E-state index in [-0.39, 0.29) is 15.7 Å². The first-order valence-corrected chi connectivity index (χ1v) is 8.23. The zero-order valence-electron chi connectivity index (χ0n) is 11.0. The number of hydrogen-bond donors (Lipinski definition) is 3. The molecule has 2 heterocycles. The van der Waals surface area contributed by atoms with Gasteiger partial charge in [0.15, 0.2) is 5.82 Å². The van der Waals surface area contributed by atoms with Crippen LogP contribution in [0.2, 0.25) is 5.02 Å². The fraction of sp³-hybridized carbons (Fsp3) is 0.545. The Morgan fingerprint density at radius 3 is 2.70 bits per heavy atom. The number of hydrogen-bond acceptors (Lipinski definition) is 6. The van der Waals surface area contributed by atoms with Crippen molar-refractivity contribution in [3.05, 3.63) is 17.3 Å². The van der Waals surface area contributed by atoms with Crippen LogP contribution < -0.4 is 16.0 Å². The first-order chi connectivity index (χ1) is 9.53. The van der Waals surface area contributed by atoms with Crippen molar-refractivity contribution in [1.29, 1.82) is 0 Å². The van der Waals surface area contributed by atoms with Gasteiger partial charge in [0.2, 0.25) is 10.0 Å². The lowest BCUT2D eigenvalue weighted by Gasteiger charge is -2.15. The molecule has 0 saturated carbocycles. The minimum Gasteiger partial charge on any atom is -0.307 e. The number of nitrogens with two attached hydrogens (primary N) is 1. The number of likely N-dealkylation sites (tertiary alicyclic amines) is 1. The smallest absolute Gasteiger partial charge is 0.242 e. The maximum atomic E-state index is 12.1. The molecule has 1 aromatic rings. The lowest BCUT2D eigenvalue weighted by Crippen LogP contribution is -2.33. The third-order valence-electron chi connectivity index (χ3n) is 3.18. The van der Waals surface area contributed by atoms with Crippen LogP contribution in [0, 0.1) is 0 Å². The number of nitrogen functional groups attached to an aromatic ring is 1. The number of aromatic nitrogens is 1. The Kier molecular flexibility index (Phi) is 5.17. The molecule has 1 aliphatic rings. The highest BCUT2D eigenvalue weighted by Gasteiger charge is 2.17. The first kappa shape index (κ1) is 15.5. The number of hydrazine groups is 1. The van der Waals surface area contributed by atoms with Crippen LogP contribution >= 0.6 is 11.6 Å². The van der Waals surface area contributed by atoms with Gasteiger partial charge in [-0.3, -0.25) is 0 Å². The molecule has 0 aromatic carbocycles. The minimum atomic E-state index is -3.59. The highest BCUT2D eigenvalue weighted by molar-refractivity contribution is 7.89. The molecule has 0 aliphatic carbocycles. The van der Waals surface area contributed by atoms with E-state index in [0.717, 1.165) is 13.1 Å². The summed E-state index contributed by atoms with van der Waals surface area (Å²) in [6, 6.07) is 1.32. The lowest BCUT2D eigenvalue weighted by atomic mass is 10.4. The van der Waals surface area contributed by atoms with Gasteiger partial charge >= 0.3 is 0 Å². The fourth-order valence-electron chi connectivity index (χ4n) is 2.10. The normalized spacial score (nSPS) is 16.5. The number of pyridine rings is 1. The fourth-order valence-corrected chi connectivity index (χ4v) is 3.38. The van der Waals surface area contributed by atoms with Gasteiger partial charge in [-0.15, -0.1) is 0 Å². The van der Waals surface area contributed by atoms with E-state index in [0.29, 0.717) is 13.1 Å². The molecule has 0 unspecified atom stereocenters. The Bertz CT molecular complexity index is 560. The molecule has 0 spiro atoms. The predicted octanol–water partition coefficient (Wildman–Crippen LogP) is 0.395. The van der Waals surface area contributed by atoms with Crippen LogP contribution in [0.4, 0.5) is 5.82 Å². The van der Waals surface area contributed by atoms with E-state index in [2.05, 4.69) is 20.0 Å². The van der Waals surface area contributed by atoms with Crippen molar-refractivity contribution in [3.63, 3.8) is 0 Å². The van der Waals surface area contributed by atoms with Crippen LogP contribution in [0.25, 0.3) is 0 Å². The Hall–Kier alpha value is -0.930. The van der Waals surface area contributed by atoms with Crippen molar-refractivity contribution in [2.24, 2.45) is 5.84 Å². The molecule has 2 rings (SSSR count). The highest BCUT2D eigenvalue weighted by Crippen LogP contribution is 2.21. The molecule has 0 bridgehead atoms. The zero-order valence-corrected chi connectivity index (χ0v) is 12.5. The second-order valence-corrected chi connectivity index (χ2v) is 6.77. The third-order valence-corrected chi connectivity index (χ3v) is 4.90. The summed E-state index contributed by atoms with van der Waals surface area (Å²) in [5.41, 5.74) is 2.29. The van der Waals surface area contributed by atoms with E-state index in [9.17, 15) is 8.42 Å². The van der Waals surface area contributed by atoms with E-state index < -0.39 is 10.0 Å². The maximum Gasteiger partial charge on any atom is 0.242 e. The van der Waals surface area contributed by atoms with Crippen molar-refractivity contribution in [3.8, 4) is 0 Å². The molecule has 1 fully saturated rings. The van der Waals surface area contributed by atoms with Gasteiger partial charge in [-0.05, 0) is 32.0 Å². The Morgan fingerprint density at radius 1 is 1.40 bits per heavy atom. The van der Waals surface area contributed by atoms with Crippen molar-refractivity contribution in [1.82, 2.24) is 14.6 Å². The van der Waals surface area contributed by atoms with Crippen LogP contribution in [-0.2, 0) is 10.0 Å². The van der Waals surface area contributed by atoms with Crippen LogP contribution in [-0.4, -0.2) is 44.5 Å². The van der Waals surface area contributed by atoms with E-state index in [1.165, 1.54) is 25.1 Å². The molecule has 0 radical (unpaired) electrons. The number of anilines is 1. The summed E-state index contributed by atoms with van der Waals surface area (Å²) in [6.45, 7) is 3.15. The molecular weight excluding hydrogens is 302 g/mol. The second-order valence-electron chi connectivity index (χ2n) is 4.59. The molecule has 7 nitrogen and oxygen atoms in total. The zero-order chi connectivity index (χ0) is 14.6. The van der Waals surface area contributed by atoms with E-state index in [4.69, 9.17) is 17.4 Å². The largest absolute Gasteiger partial charge is 0.307 e. The number of nitrogens with one attached hydrogen (secondary N) is 2. The van der Waals surface area contributed by atoms with Gasteiger partial charge in [-0.25, -0.2) is 24.0 Å². The molecule has 9 heteroatoms. The monoisotopic (exact) mass is 319 g/mol. The number of sulfonamides is 1. The molecule has 4 N–H and O–H groups in total. The van der Waals surface area contributed by atoms with Gasteiger partial charge in [0, 0.05) is 19.3 Å². The first-order valence-electron chi connectivity index (χ1n) is 6.37. The van der Waals surface area contributed by atoms with E-state index >= 15 is 0 Å². The Balaban J connectivity index is 1.96. The summed E-state index contributed by atoms with van der Waals surface area (Å²) in [6.07, 6.45) is 3.58. The van der Waals surface area contributed by atoms with Crippen LogP contribution in [0.3, 0.4) is 0 Å². The number of rotatable bonds is 6. The molecule has 0 atom stereocenters. The SMILES string of the molecule is NNc1ncc(S(=O)(=O)NCCN2CCCC2)cc1Cl. The van der Waals surface area contributed by atoms with Crippen LogP contribution in [0.5, 0.6) is 0 Å². The summed E-state index contributed by atoms with van der Waals surface area (Å²) in [5, 5.41) is 0.162. The third kappa shape index (κ3) is 3.80. The van der Waals surface area contributed by atoms with Crippen molar-refractivity contribution in [2.45, 2.75) is 17.7 Å². The molecular formula is C11H18ClN5O2S. The van der Waals surface area contributed by atoms with E-state index in [1.54, 1.807) is 0 Å². The quantitative estimate of drug-likeness (QED) is 0.518. The maximum absolute atomic E-state index is 12.1. The van der Waals surface area contributed by atoms with Crippen LogP contribution in [0.1, 0.15) is 12.8 Å². The number of halogens is 1. The molecule has 20 heavy (non-hydrogen) atoms. The summed E-state index contributed by atoms with van der Waals surface area (Å²) < 4.78 is 26.7. The summed E-state index contributed by atoms with van der Waals surface area (Å²) in [4.78, 5) is 6.11. The highest BCUT2D eigenvalue weighted by atomic mass is 35.5. The predicted molar refractivity (Wildman–Crippen MR) is 77.9 cm³/mol. The number of nitrogens with zero attached hydrogens (tertiary/aromatic N) is 2. The average molecular weight is 320 g/mol. The van der Waals surface area contributed by atoms with Crippen molar-refractivity contribution < 1.29 is 8.42 Å². The standard InChI is InChI=1S/C11H18ClN5O2S/c12-10-7-9(8-14-11(10)16-13)20(18,19)15-3-6-17-4-1-2-5-17/h7-8,15H,1-6,13H2,(H,14,16). The van der Waals surface area contributed by atoms with Gasteiger partial charge in [0.05, 0.1) is 5.02 Å². The molecule has 0 amide bonds. The van der Waals surface area contributed by atoms with Gasteiger partial charge in [-0.1, -0.05) is 11.6 Å². The van der Waals surface area contributed by atoms with Gasteiger partial charge in [0.1, 0.15) is 4.90 Å². The van der Waals surface area contributed by atoms with Gasteiger partial charge in [-0.2, -0.15) is 0 Å². The van der Waals surface area contributed by atoms with Gasteiger partial charge in [0.25, 0.3) is 0 Å². The lowest BCUT2D eigenvalue weighted by molar-refractivity contribution is 0.344. The Morgan fingerprint density at radius 2 is 2.10 bits per heavy atom. The summed E-state index contributed by atoms with van der Waals surface area (Å²) in [7, 11) is -3.59. The minimum absolute atomic E-state index is 0.0305. The molecule has 112 valence electrons. The summed E-state index contributed by atoms with van der Waals surface area (Å²) >= 11 is 5.87. The second kappa shape index (κ2) is 6.68. The average Bonchev–Trinajstić information content (AvgIpc) is 2.91. The summed E-state index contributed by atoms with van der Waals surface area (Å²) in [5.74, 6) is 5.43. The van der Waals surface area contributed by atoms with Crippen LogP contribution in [0.15, 0.2) is 17.2 Å². The van der Waals surface area contributed by atoms with Gasteiger partial charge < -0.3 is 10.3 Å². The molecule has 1 saturated heterocycles. The van der Waals surface area contributed by atoms with Crippen molar-refractivity contribution in [2.75, 3.05) is 31.6 Å².